The van der Waals surface area contributed by atoms with Crippen LogP contribution in [0.15, 0.2) is 30.5 Å². The van der Waals surface area contributed by atoms with Gasteiger partial charge in [0.15, 0.2) is 0 Å². The van der Waals surface area contributed by atoms with Crippen LogP contribution in [0.4, 0.5) is 0 Å². The second kappa shape index (κ2) is 14.7. The zero-order chi connectivity index (χ0) is 28.4. The topological polar surface area (TPSA) is 187 Å². The fraction of sp³-hybridized carbons (Fsp3) is 0.538. The molecule has 0 aliphatic heterocycles. The zero-order valence-electron chi connectivity index (χ0n) is 22.2. The fourth-order valence-electron chi connectivity index (χ4n) is 3.92. The van der Waals surface area contributed by atoms with Crippen LogP contribution >= 0.6 is 11.8 Å². The molecule has 12 heteroatoms. The van der Waals surface area contributed by atoms with Gasteiger partial charge in [-0.3, -0.25) is 14.4 Å². The Hall–Kier alpha value is -3.09. The molecule has 0 aliphatic rings. The third-order valence-electron chi connectivity index (χ3n) is 6.58. The van der Waals surface area contributed by atoms with Crippen LogP contribution in [0.2, 0.25) is 0 Å². The molecule has 6 unspecified atom stereocenters. The van der Waals surface area contributed by atoms with Crippen molar-refractivity contribution in [3.8, 4) is 0 Å². The third kappa shape index (κ3) is 8.47. The largest absolute Gasteiger partial charge is 0.480 e. The average Bonchev–Trinajstić information content (AvgIpc) is 3.30. The molecular weight excluding hydrogens is 510 g/mol. The number of aromatic amines is 1. The molecule has 0 radical (unpaired) electrons. The van der Waals surface area contributed by atoms with Crippen molar-refractivity contribution in [2.45, 2.75) is 70.3 Å². The zero-order valence-corrected chi connectivity index (χ0v) is 23.0. The highest BCUT2D eigenvalue weighted by Crippen LogP contribution is 2.19. The molecule has 0 saturated carbocycles. The van der Waals surface area contributed by atoms with Gasteiger partial charge in [-0.1, -0.05) is 38.5 Å². The molecule has 0 saturated heterocycles. The number of carboxylic acid groups (broad SMARTS) is 1. The summed E-state index contributed by atoms with van der Waals surface area (Å²) in [6.07, 6.45) is 3.16. The molecule has 0 aliphatic carbocycles. The average molecular weight is 550 g/mol. The van der Waals surface area contributed by atoms with Crippen LogP contribution in [0.25, 0.3) is 10.9 Å². The molecule has 0 bridgehead atoms. The maximum Gasteiger partial charge on any atom is 0.326 e. The molecule has 0 spiro atoms. The van der Waals surface area contributed by atoms with E-state index < -0.39 is 54.0 Å². The standard InChI is InChI=1S/C26H39N5O6S/c1-5-14(2)21(27)24(34)30-20(12-16-13-28-18-9-7-6-8-17(16)18)23(33)31-22(15(3)32)25(35)29-19(26(36)37)10-11-38-4/h6-9,13-15,19-22,28,32H,5,10-12,27H2,1-4H3,(H,29,35)(H,30,34)(H,31,33)(H,36,37). The summed E-state index contributed by atoms with van der Waals surface area (Å²) in [4.78, 5) is 53.9. The van der Waals surface area contributed by atoms with E-state index in [4.69, 9.17) is 5.73 Å². The van der Waals surface area contributed by atoms with E-state index in [2.05, 4.69) is 20.9 Å². The van der Waals surface area contributed by atoms with Crippen LogP contribution in [-0.2, 0) is 25.6 Å². The summed E-state index contributed by atoms with van der Waals surface area (Å²) >= 11 is 1.43. The summed E-state index contributed by atoms with van der Waals surface area (Å²) in [6.45, 7) is 5.06. The first kappa shape index (κ1) is 31.1. The Morgan fingerprint density at radius 3 is 2.29 bits per heavy atom. The van der Waals surface area contributed by atoms with Gasteiger partial charge < -0.3 is 36.9 Å². The second-order valence-corrected chi connectivity index (χ2v) is 10.4. The number of aliphatic carboxylic acids is 1. The number of nitrogens with two attached hydrogens (primary N) is 1. The van der Waals surface area contributed by atoms with Crippen LogP contribution in [0.5, 0.6) is 0 Å². The number of fused-ring (bicyclic) bond motifs is 1. The van der Waals surface area contributed by atoms with E-state index in [0.29, 0.717) is 12.2 Å². The van der Waals surface area contributed by atoms with Crippen LogP contribution in [0, 0.1) is 5.92 Å². The Labute approximate surface area is 226 Å². The van der Waals surface area contributed by atoms with Gasteiger partial charge in [-0.05, 0) is 42.9 Å². The highest BCUT2D eigenvalue weighted by molar-refractivity contribution is 7.98. The van der Waals surface area contributed by atoms with Crippen LogP contribution < -0.4 is 21.7 Å². The van der Waals surface area contributed by atoms with Crippen molar-refractivity contribution in [3.05, 3.63) is 36.0 Å². The van der Waals surface area contributed by atoms with Gasteiger partial charge in [0.1, 0.15) is 18.1 Å². The van der Waals surface area contributed by atoms with E-state index in [0.717, 1.165) is 16.5 Å². The molecular formula is C26H39N5O6S. The quantitative estimate of drug-likeness (QED) is 0.170. The van der Waals surface area contributed by atoms with Gasteiger partial charge in [0.05, 0.1) is 12.1 Å². The van der Waals surface area contributed by atoms with Gasteiger partial charge in [0, 0.05) is 23.5 Å². The Balaban J connectivity index is 2.28. The summed E-state index contributed by atoms with van der Waals surface area (Å²) < 4.78 is 0. The van der Waals surface area contributed by atoms with Gasteiger partial charge in [0.2, 0.25) is 17.7 Å². The number of aromatic nitrogens is 1. The Bertz CT molecular complexity index is 1110. The normalized spacial score (nSPS) is 16.1. The van der Waals surface area contributed by atoms with E-state index in [9.17, 15) is 29.4 Å². The van der Waals surface area contributed by atoms with Crippen LogP contribution in [-0.4, -0.2) is 81.2 Å². The number of hydrogen-bond acceptors (Lipinski definition) is 7. The summed E-state index contributed by atoms with van der Waals surface area (Å²) in [5.74, 6) is -2.91. The molecule has 1 heterocycles. The molecule has 3 amide bonds. The molecule has 0 fully saturated rings. The van der Waals surface area contributed by atoms with E-state index in [1.807, 2.05) is 44.4 Å². The second-order valence-electron chi connectivity index (χ2n) is 9.44. The van der Waals surface area contributed by atoms with E-state index in [-0.39, 0.29) is 18.8 Å². The minimum Gasteiger partial charge on any atom is -0.480 e. The van der Waals surface area contributed by atoms with Crippen molar-refractivity contribution in [2.75, 3.05) is 12.0 Å². The smallest absolute Gasteiger partial charge is 0.326 e. The van der Waals surface area contributed by atoms with Crippen molar-refractivity contribution >= 4 is 46.4 Å². The number of benzene rings is 1. The number of rotatable bonds is 15. The lowest BCUT2D eigenvalue weighted by atomic mass is 9.98. The molecule has 6 atom stereocenters. The van der Waals surface area contributed by atoms with Gasteiger partial charge in [-0.15, -0.1) is 0 Å². The molecule has 1 aromatic carbocycles. The minimum absolute atomic E-state index is 0.0917. The number of aliphatic hydroxyl groups excluding tert-OH is 1. The lowest BCUT2D eigenvalue weighted by Crippen LogP contribution is -2.60. The number of hydrogen-bond donors (Lipinski definition) is 7. The molecule has 2 rings (SSSR count). The fourth-order valence-corrected chi connectivity index (χ4v) is 4.40. The maximum absolute atomic E-state index is 13.4. The van der Waals surface area contributed by atoms with Crippen molar-refractivity contribution in [2.24, 2.45) is 11.7 Å². The Kier molecular flexibility index (Phi) is 12.1. The molecule has 8 N–H and O–H groups in total. The highest BCUT2D eigenvalue weighted by Gasteiger charge is 2.33. The maximum atomic E-state index is 13.4. The van der Waals surface area contributed by atoms with Crippen molar-refractivity contribution in [1.82, 2.24) is 20.9 Å². The summed E-state index contributed by atoms with van der Waals surface area (Å²) in [5, 5.41) is 28.2. The number of carbonyl (C=O) groups excluding carboxylic acids is 3. The lowest BCUT2D eigenvalue weighted by Gasteiger charge is -2.27. The summed E-state index contributed by atoms with van der Waals surface area (Å²) in [5.41, 5.74) is 7.71. The summed E-state index contributed by atoms with van der Waals surface area (Å²) in [6, 6.07) is 2.92. The predicted octanol–water partition coefficient (Wildman–Crippen LogP) is 0.757. The SMILES string of the molecule is CCC(C)C(N)C(=O)NC(Cc1c[nH]c2ccccc12)C(=O)NC(C(=O)NC(CCSC)C(=O)O)C(C)O. The molecule has 1 aromatic heterocycles. The summed E-state index contributed by atoms with van der Waals surface area (Å²) in [7, 11) is 0. The lowest BCUT2D eigenvalue weighted by molar-refractivity contribution is -0.143. The van der Waals surface area contributed by atoms with Gasteiger partial charge in [0.25, 0.3) is 0 Å². The first-order valence-corrected chi connectivity index (χ1v) is 14.0. The van der Waals surface area contributed by atoms with Crippen LogP contribution in [0.1, 0.15) is 39.2 Å². The molecule has 2 aromatic rings. The van der Waals surface area contributed by atoms with Gasteiger partial charge in [-0.25, -0.2) is 4.79 Å². The first-order chi connectivity index (χ1) is 18.0. The number of aliphatic hydroxyl groups is 1. The molecule has 38 heavy (non-hydrogen) atoms. The minimum atomic E-state index is -1.44. The van der Waals surface area contributed by atoms with Crippen molar-refractivity contribution in [1.29, 1.82) is 0 Å². The number of carboxylic acids is 1. The Morgan fingerprint density at radius 1 is 1.03 bits per heavy atom. The third-order valence-corrected chi connectivity index (χ3v) is 7.22. The van der Waals surface area contributed by atoms with Crippen molar-refractivity contribution in [3.63, 3.8) is 0 Å². The highest BCUT2D eigenvalue weighted by atomic mass is 32.2. The predicted molar refractivity (Wildman–Crippen MR) is 148 cm³/mol. The number of H-pyrrole nitrogens is 1. The molecule has 11 nitrogen and oxygen atoms in total. The number of carbonyl (C=O) groups is 4. The van der Waals surface area contributed by atoms with Crippen molar-refractivity contribution < 1.29 is 29.4 Å². The van der Waals surface area contributed by atoms with Crippen LogP contribution in [0.3, 0.4) is 0 Å². The van der Waals surface area contributed by atoms with E-state index in [1.54, 1.807) is 6.20 Å². The molecule has 210 valence electrons. The monoisotopic (exact) mass is 549 g/mol. The first-order valence-electron chi connectivity index (χ1n) is 12.6. The number of amides is 3. The van der Waals surface area contributed by atoms with Gasteiger partial charge >= 0.3 is 5.97 Å². The van der Waals surface area contributed by atoms with Gasteiger partial charge in [-0.2, -0.15) is 11.8 Å². The van der Waals surface area contributed by atoms with E-state index in [1.165, 1.54) is 18.7 Å². The number of thioether (sulfide) groups is 1. The Morgan fingerprint density at radius 2 is 1.68 bits per heavy atom. The number of para-hydroxylation sites is 1. The van der Waals surface area contributed by atoms with E-state index >= 15 is 0 Å². The number of nitrogens with one attached hydrogen (secondary N) is 4.